The maximum absolute atomic E-state index is 10.9. The summed E-state index contributed by atoms with van der Waals surface area (Å²) in [5.41, 5.74) is 0. The fraction of sp³-hybridized carbons (Fsp3) is 0.833. The molecule has 0 aromatic heterocycles. The van der Waals surface area contributed by atoms with E-state index in [2.05, 4.69) is 22.7 Å². The highest BCUT2D eigenvalue weighted by atomic mass is 32.1. The van der Waals surface area contributed by atoms with Crippen LogP contribution in [0.25, 0.3) is 0 Å². The maximum atomic E-state index is 10.9. The van der Waals surface area contributed by atoms with Gasteiger partial charge in [0.05, 0.1) is 13.3 Å². The minimum atomic E-state index is -0.511. The smallest absolute Gasteiger partial charge is 0.324 e. The third-order valence-electron chi connectivity index (χ3n) is 1.09. The standard InChI is InChI=1S/C6H13NO3S/c1-2-10-6(9)5(3-11)7-4-8/h5,7-8,11H,2-4H2,1H3/t5-/m0/s1. The Kier molecular flexibility index (Phi) is 6.30. The molecule has 11 heavy (non-hydrogen) atoms. The number of hydrogen-bond acceptors (Lipinski definition) is 5. The van der Waals surface area contributed by atoms with Gasteiger partial charge in [-0.05, 0) is 6.92 Å². The zero-order valence-corrected chi connectivity index (χ0v) is 7.30. The molecule has 66 valence electrons. The number of hydrogen-bond donors (Lipinski definition) is 3. The number of rotatable bonds is 5. The highest BCUT2D eigenvalue weighted by Gasteiger charge is 2.15. The lowest BCUT2D eigenvalue weighted by atomic mass is 10.3. The Morgan fingerprint density at radius 1 is 1.82 bits per heavy atom. The van der Waals surface area contributed by atoms with Crippen molar-refractivity contribution in [2.75, 3.05) is 19.1 Å². The second kappa shape index (κ2) is 6.45. The lowest BCUT2D eigenvalue weighted by Crippen LogP contribution is -2.40. The fourth-order valence-corrected chi connectivity index (χ4v) is 0.854. The monoisotopic (exact) mass is 179 g/mol. The third kappa shape index (κ3) is 4.23. The van der Waals surface area contributed by atoms with Gasteiger partial charge in [0.2, 0.25) is 0 Å². The molecule has 0 unspecified atom stereocenters. The molecular weight excluding hydrogens is 166 g/mol. The van der Waals surface area contributed by atoms with Gasteiger partial charge in [0, 0.05) is 5.75 Å². The summed E-state index contributed by atoms with van der Waals surface area (Å²) in [4.78, 5) is 10.9. The minimum Gasteiger partial charge on any atom is -0.465 e. The molecule has 0 fully saturated rings. The summed E-state index contributed by atoms with van der Waals surface area (Å²) in [5.74, 6) is -0.0594. The molecule has 0 rings (SSSR count). The van der Waals surface area contributed by atoms with Crippen LogP contribution in [-0.2, 0) is 9.53 Å². The number of carbonyl (C=O) groups excluding carboxylic acids is 1. The molecule has 0 aliphatic carbocycles. The molecule has 5 heteroatoms. The van der Waals surface area contributed by atoms with E-state index in [0.29, 0.717) is 12.4 Å². The van der Waals surface area contributed by atoms with Gasteiger partial charge >= 0.3 is 5.97 Å². The Bertz CT molecular complexity index is 120. The van der Waals surface area contributed by atoms with E-state index in [4.69, 9.17) is 5.11 Å². The van der Waals surface area contributed by atoms with Gasteiger partial charge in [0.1, 0.15) is 6.04 Å². The van der Waals surface area contributed by atoms with Crippen LogP contribution in [0, 0.1) is 0 Å². The summed E-state index contributed by atoms with van der Waals surface area (Å²) >= 11 is 3.91. The molecule has 0 aromatic rings. The summed E-state index contributed by atoms with van der Waals surface area (Å²) in [5, 5.41) is 11.0. The van der Waals surface area contributed by atoms with Gasteiger partial charge < -0.3 is 9.84 Å². The molecule has 0 aromatic carbocycles. The van der Waals surface area contributed by atoms with E-state index in [0.717, 1.165) is 0 Å². The molecule has 0 spiro atoms. The van der Waals surface area contributed by atoms with E-state index in [1.54, 1.807) is 6.92 Å². The molecule has 0 aliphatic rings. The zero-order valence-electron chi connectivity index (χ0n) is 6.41. The molecule has 0 bridgehead atoms. The van der Waals surface area contributed by atoms with Crippen LogP contribution in [-0.4, -0.2) is 36.2 Å². The summed E-state index contributed by atoms with van der Waals surface area (Å²) in [6.45, 7) is 1.83. The van der Waals surface area contributed by atoms with Crippen molar-refractivity contribution in [3.63, 3.8) is 0 Å². The van der Waals surface area contributed by atoms with Gasteiger partial charge in [0.25, 0.3) is 0 Å². The largest absolute Gasteiger partial charge is 0.465 e. The Balaban J connectivity index is 3.71. The average Bonchev–Trinajstić information content (AvgIpc) is 2.00. The lowest BCUT2D eigenvalue weighted by molar-refractivity contribution is -0.145. The van der Waals surface area contributed by atoms with Crippen molar-refractivity contribution >= 4 is 18.6 Å². The lowest BCUT2D eigenvalue weighted by Gasteiger charge is -2.12. The Hall–Kier alpha value is -0.260. The summed E-state index contributed by atoms with van der Waals surface area (Å²) in [6, 6.07) is -0.511. The number of aliphatic hydroxyl groups is 1. The van der Waals surface area contributed by atoms with Crippen LogP contribution in [0.4, 0.5) is 0 Å². The Labute approximate surface area is 71.3 Å². The normalized spacial score (nSPS) is 12.6. The molecule has 0 saturated carbocycles. The number of ether oxygens (including phenoxy) is 1. The van der Waals surface area contributed by atoms with E-state index in [9.17, 15) is 4.79 Å². The van der Waals surface area contributed by atoms with Gasteiger partial charge in [0.15, 0.2) is 0 Å². The molecule has 2 N–H and O–H groups in total. The van der Waals surface area contributed by atoms with Crippen molar-refractivity contribution in [2.24, 2.45) is 0 Å². The van der Waals surface area contributed by atoms with Crippen molar-refractivity contribution in [2.45, 2.75) is 13.0 Å². The van der Waals surface area contributed by atoms with Gasteiger partial charge in [-0.1, -0.05) is 0 Å². The van der Waals surface area contributed by atoms with Crippen molar-refractivity contribution in [3.05, 3.63) is 0 Å². The van der Waals surface area contributed by atoms with Crippen molar-refractivity contribution in [3.8, 4) is 0 Å². The highest BCUT2D eigenvalue weighted by Crippen LogP contribution is 1.91. The van der Waals surface area contributed by atoms with Crippen LogP contribution in [0.15, 0.2) is 0 Å². The van der Waals surface area contributed by atoms with Gasteiger partial charge in [-0.2, -0.15) is 12.6 Å². The molecule has 0 saturated heterocycles. The van der Waals surface area contributed by atoms with E-state index in [1.807, 2.05) is 0 Å². The molecule has 0 radical (unpaired) electrons. The molecule has 0 aliphatic heterocycles. The second-order valence-electron chi connectivity index (χ2n) is 1.85. The van der Waals surface area contributed by atoms with E-state index in [1.165, 1.54) is 0 Å². The van der Waals surface area contributed by atoms with Crippen LogP contribution in [0.5, 0.6) is 0 Å². The number of thiol groups is 1. The van der Waals surface area contributed by atoms with E-state index >= 15 is 0 Å². The Morgan fingerprint density at radius 2 is 2.45 bits per heavy atom. The first-order chi connectivity index (χ1) is 5.26. The molecule has 0 amide bonds. The first kappa shape index (κ1) is 10.7. The van der Waals surface area contributed by atoms with Crippen LogP contribution >= 0.6 is 12.6 Å². The summed E-state index contributed by atoms with van der Waals surface area (Å²) < 4.78 is 4.69. The highest BCUT2D eigenvalue weighted by molar-refractivity contribution is 7.80. The van der Waals surface area contributed by atoms with E-state index < -0.39 is 6.04 Å². The van der Waals surface area contributed by atoms with Crippen molar-refractivity contribution in [1.29, 1.82) is 0 Å². The Morgan fingerprint density at radius 3 is 2.82 bits per heavy atom. The number of aliphatic hydroxyl groups excluding tert-OH is 1. The molecule has 1 atom stereocenters. The van der Waals surface area contributed by atoms with Crippen molar-refractivity contribution < 1.29 is 14.6 Å². The number of nitrogens with one attached hydrogen (secondary N) is 1. The fourth-order valence-electron chi connectivity index (χ4n) is 0.575. The van der Waals surface area contributed by atoms with Gasteiger partial charge in [-0.15, -0.1) is 0 Å². The van der Waals surface area contributed by atoms with Crippen molar-refractivity contribution in [1.82, 2.24) is 5.32 Å². The van der Waals surface area contributed by atoms with Gasteiger partial charge in [-0.3, -0.25) is 10.1 Å². The topological polar surface area (TPSA) is 58.6 Å². The predicted octanol–water partition coefficient (Wildman–Crippen LogP) is -0.613. The quantitative estimate of drug-likeness (QED) is 0.299. The number of carbonyl (C=O) groups is 1. The van der Waals surface area contributed by atoms with Crippen LogP contribution in [0.1, 0.15) is 6.92 Å². The van der Waals surface area contributed by atoms with Gasteiger partial charge in [-0.25, -0.2) is 0 Å². The summed E-state index contributed by atoms with van der Waals surface area (Å²) in [7, 11) is 0. The summed E-state index contributed by atoms with van der Waals surface area (Å²) in [6.07, 6.45) is 0. The third-order valence-corrected chi connectivity index (χ3v) is 1.46. The molecular formula is C6H13NO3S. The van der Waals surface area contributed by atoms with Crippen LogP contribution in [0.2, 0.25) is 0 Å². The van der Waals surface area contributed by atoms with Crippen LogP contribution < -0.4 is 5.32 Å². The first-order valence-corrected chi connectivity index (χ1v) is 4.01. The maximum Gasteiger partial charge on any atom is 0.324 e. The second-order valence-corrected chi connectivity index (χ2v) is 2.21. The molecule has 0 heterocycles. The average molecular weight is 179 g/mol. The zero-order chi connectivity index (χ0) is 8.69. The predicted molar refractivity (Wildman–Crippen MR) is 44.5 cm³/mol. The van der Waals surface area contributed by atoms with Crippen LogP contribution in [0.3, 0.4) is 0 Å². The minimum absolute atomic E-state index is 0.246. The SMILES string of the molecule is CCOC(=O)[C@H](CS)NCO. The number of esters is 1. The molecule has 4 nitrogen and oxygen atoms in total. The first-order valence-electron chi connectivity index (χ1n) is 3.38. The van der Waals surface area contributed by atoms with E-state index in [-0.39, 0.29) is 12.7 Å².